The van der Waals surface area contributed by atoms with Crippen LogP contribution in [0.25, 0.3) is 0 Å². The zero-order valence-electron chi connectivity index (χ0n) is 11.1. The van der Waals surface area contributed by atoms with Gasteiger partial charge in [0.15, 0.2) is 0 Å². The molecule has 1 saturated carbocycles. The van der Waals surface area contributed by atoms with Crippen molar-refractivity contribution < 1.29 is 4.79 Å². The van der Waals surface area contributed by atoms with Crippen LogP contribution < -0.4 is 10.6 Å². The second-order valence-corrected chi connectivity index (χ2v) is 4.97. The third-order valence-electron chi connectivity index (χ3n) is 3.36. The molecule has 4 nitrogen and oxygen atoms in total. The molecule has 1 atom stereocenters. The fourth-order valence-corrected chi connectivity index (χ4v) is 1.93. The number of nitriles is 1. The highest BCUT2D eigenvalue weighted by molar-refractivity contribution is 5.80. The maximum absolute atomic E-state index is 11.4. The molecule has 1 aromatic rings. The summed E-state index contributed by atoms with van der Waals surface area (Å²) in [7, 11) is 0. The number of carbonyl (C=O) groups is 1. The van der Waals surface area contributed by atoms with Crippen molar-refractivity contribution in [2.45, 2.75) is 25.8 Å². The number of carbonyl (C=O) groups excluding carboxylic acids is 1. The molecule has 2 N–H and O–H groups in total. The first kappa shape index (κ1) is 13.6. The van der Waals surface area contributed by atoms with E-state index >= 15 is 0 Å². The van der Waals surface area contributed by atoms with Gasteiger partial charge in [-0.25, -0.2) is 0 Å². The summed E-state index contributed by atoms with van der Waals surface area (Å²) in [5.41, 5.74) is 1.82. The number of nitrogens with one attached hydrogen (secondary N) is 2. The summed E-state index contributed by atoms with van der Waals surface area (Å²) < 4.78 is 0. The minimum Gasteiger partial charge on any atom is -0.355 e. The second kappa shape index (κ2) is 6.35. The van der Waals surface area contributed by atoms with Crippen molar-refractivity contribution in [1.82, 2.24) is 10.6 Å². The lowest BCUT2D eigenvalue weighted by atomic mass is 10.1. The molecule has 4 heteroatoms. The Kier molecular flexibility index (Phi) is 4.53. The van der Waals surface area contributed by atoms with Gasteiger partial charge >= 0.3 is 0 Å². The molecule has 1 aliphatic carbocycles. The molecule has 0 saturated heterocycles. The quantitative estimate of drug-likeness (QED) is 0.763. The third kappa shape index (κ3) is 4.08. The van der Waals surface area contributed by atoms with Gasteiger partial charge in [0.25, 0.3) is 0 Å². The van der Waals surface area contributed by atoms with Crippen LogP contribution in [0.2, 0.25) is 0 Å². The van der Waals surface area contributed by atoms with E-state index in [0.717, 1.165) is 24.9 Å². The normalized spacial score (nSPS) is 15.6. The SMILES string of the molecule is CC(NCCNC(=O)C1CC1)c1ccc(C#N)cc1. The number of hydrogen-bond acceptors (Lipinski definition) is 3. The summed E-state index contributed by atoms with van der Waals surface area (Å²) >= 11 is 0. The molecule has 100 valence electrons. The van der Waals surface area contributed by atoms with Crippen LogP contribution in [0.3, 0.4) is 0 Å². The molecule has 1 aliphatic rings. The monoisotopic (exact) mass is 257 g/mol. The van der Waals surface area contributed by atoms with Gasteiger partial charge in [0.1, 0.15) is 0 Å². The lowest BCUT2D eigenvalue weighted by Gasteiger charge is -2.14. The Labute approximate surface area is 113 Å². The van der Waals surface area contributed by atoms with Gasteiger partial charge < -0.3 is 10.6 Å². The van der Waals surface area contributed by atoms with Crippen molar-refractivity contribution >= 4 is 5.91 Å². The molecule has 0 aromatic heterocycles. The van der Waals surface area contributed by atoms with Crippen LogP contribution >= 0.6 is 0 Å². The Morgan fingerprint density at radius 3 is 2.63 bits per heavy atom. The molecule has 0 spiro atoms. The zero-order valence-corrected chi connectivity index (χ0v) is 11.1. The summed E-state index contributed by atoms with van der Waals surface area (Å²) in [6, 6.07) is 9.88. The van der Waals surface area contributed by atoms with E-state index in [9.17, 15) is 4.79 Å². The van der Waals surface area contributed by atoms with E-state index < -0.39 is 0 Å². The van der Waals surface area contributed by atoms with Crippen LogP contribution in [0, 0.1) is 17.2 Å². The van der Waals surface area contributed by atoms with Crippen molar-refractivity contribution in [2.75, 3.05) is 13.1 Å². The first-order chi connectivity index (χ1) is 9.20. The summed E-state index contributed by atoms with van der Waals surface area (Å²) in [5.74, 6) is 0.462. The average Bonchev–Trinajstić information content (AvgIpc) is 3.27. The molecular weight excluding hydrogens is 238 g/mol. The van der Waals surface area contributed by atoms with Gasteiger partial charge in [-0.05, 0) is 37.5 Å². The Hall–Kier alpha value is -1.86. The van der Waals surface area contributed by atoms with Crippen molar-refractivity contribution in [1.29, 1.82) is 5.26 Å². The molecule has 2 rings (SSSR count). The van der Waals surface area contributed by atoms with Crippen LogP contribution in [-0.4, -0.2) is 19.0 Å². The number of hydrogen-bond donors (Lipinski definition) is 2. The van der Waals surface area contributed by atoms with E-state index in [2.05, 4.69) is 23.6 Å². The second-order valence-electron chi connectivity index (χ2n) is 4.97. The number of rotatable bonds is 6. The highest BCUT2D eigenvalue weighted by Gasteiger charge is 2.28. The van der Waals surface area contributed by atoms with Gasteiger partial charge in [-0.3, -0.25) is 4.79 Å². The van der Waals surface area contributed by atoms with Crippen molar-refractivity contribution in [3.63, 3.8) is 0 Å². The van der Waals surface area contributed by atoms with Gasteiger partial charge in [0, 0.05) is 25.0 Å². The Balaban J connectivity index is 1.69. The van der Waals surface area contributed by atoms with E-state index in [4.69, 9.17) is 5.26 Å². The molecule has 1 fully saturated rings. The van der Waals surface area contributed by atoms with Crippen molar-refractivity contribution in [2.24, 2.45) is 5.92 Å². The molecule has 1 aromatic carbocycles. The lowest BCUT2D eigenvalue weighted by Crippen LogP contribution is -2.33. The smallest absolute Gasteiger partial charge is 0.223 e. The molecule has 0 heterocycles. The topological polar surface area (TPSA) is 64.9 Å². The van der Waals surface area contributed by atoms with Crippen LogP contribution in [0.15, 0.2) is 24.3 Å². The van der Waals surface area contributed by atoms with Crippen LogP contribution in [-0.2, 0) is 4.79 Å². The fraction of sp³-hybridized carbons (Fsp3) is 0.467. The number of amides is 1. The molecular formula is C15H19N3O. The Bertz CT molecular complexity index is 471. The number of benzene rings is 1. The molecule has 0 radical (unpaired) electrons. The Morgan fingerprint density at radius 1 is 1.37 bits per heavy atom. The standard InChI is InChI=1S/C15H19N3O/c1-11(13-4-2-12(10-16)3-5-13)17-8-9-18-15(19)14-6-7-14/h2-5,11,14,17H,6-9H2,1H3,(H,18,19). The van der Waals surface area contributed by atoms with Gasteiger partial charge in [0.05, 0.1) is 11.6 Å². The molecule has 1 amide bonds. The number of nitrogens with zero attached hydrogens (tertiary/aromatic N) is 1. The summed E-state index contributed by atoms with van der Waals surface area (Å²) in [6.45, 7) is 3.49. The minimum absolute atomic E-state index is 0.188. The largest absolute Gasteiger partial charge is 0.355 e. The minimum atomic E-state index is 0.188. The maximum Gasteiger partial charge on any atom is 0.223 e. The van der Waals surface area contributed by atoms with E-state index in [1.165, 1.54) is 0 Å². The zero-order chi connectivity index (χ0) is 13.7. The molecule has 1 unspecified atom stereocenters. The summed E-state index contributed by atoms with van der Waals surface area (Å²) in [5, 5.41) is 15.0. The summed E-state index contributed by atoms with van der Waals surface area (Å²) in [4.78, 5) is 11.4. The van der Waals surface area contributed by atoms with E-state index in [0.29, 0.717) is 12.1 Å². The molecule has 0 aliphatic heterocycles. The van der Waals surface area contributed by atoms with Crippen LogP contribution in [0.1, 0.15) is 36.9 Å². The lowest BCUT2D eigenvalue weighted by molar-refractivity contribution is -0.122. The van der Waals surface area contributed by atoms with E-state index in [1.54, 1.807) is 0 Å². The van der Waals surface area contributed by atoms with Crippen molar-refractivity contribution in [3.05, 3.63) is 35.4 Å². The van der Waals surface area contributed by atoms with Crippen molar-refractivity contribution in [3.8, 4) is 6.07 Å². The van der Waals surface area contributed by atoms with E-state index in [1.807, 2.05) is 24.3 Å². The first-order valence-corrected chi connectivity index (χ1v) is 6.72. The Morgan fingerprint density at radius 2 is 2.05 bits per heavy atom. The predicted molar refractivity (Wildman–Crippen MR) is 73.3 cm³/mol. The van der Waals surface area contributed by atoms with Gasteiger partial charge in [0.2, 0.25) is 5.91 Å². The average molecular weight is 257 g/mol. The van der Waals surface area contributed by atoms with Gasteiger partial charge in [-0.15, -0.1) is 0 Å². The summed E-state index contributed by atoms with van der Waals surface area (Å²) in [6.07, 6.45) is 2.09. The van der Waals surface area contributed by atoms with Crippen LogP contribution in [0.4, 0.5) is 0 Å². The highest BCUT2D eigenvalue weighted by atomic mass is 16.2. The fourth-order valence-electron chi connectivity index (χ4n) is 1.93. The van der Waals surface area contributed by atoms with E-state index in [-0.39, 0.29) is 17.9 Å². The van der Waals surface area contributed by atoms with Gasteiger partial charge in [-0.1, -0.05) is 12.1 Å². The maximum atomic E-state index is 11.4. The first-order valence-electron chi connectivity index (χ1n) is 6.72. The predicted octanol–water partition coefficient (Wildman–Crippen LogP) is 1.74. The molecule has 0 bridgehead atoms. The molecule has 19 heavy (non-hydrogen) atoms. The van der Waals surface area contributed by atoms with Crippen LogP contribution in [0.5, 0.6) is 0 Å². The highest BCUT2D eigenvalue weighted by Crippen LogP contribution is 2.28. The third-order valence-corrected chi connectivity index (χ3v) is 3.36. The van der Waals surface area contributed by atoms with Gasteiger partial charge in [-0.2, -0.15) is 5.26 Å².